The lowest BCUT2D eigenvalue weighted by atomic mass is 9.86. The minimum atomic E-state index is -0.550. The SMILES string of the molecule is C=CC(=O)Nc1c(F)ccc2c1CCc1[nH]c(=O)c3c(N)n(-c4ccc(Oc5ccccc5)cc4)nc3c1-2.CN(C)C/C=C/C(=O)Nc1c(F)ccc2c1CCc1[nH]c(=O)c3c(N)n(-c4ccc(Oc5ccccc5)cc4)nc3c1-2.CN(C)C/C=C/C(=O)Nc1ccnc2c1CCc1[nH]c(=O)c3c(N)n(-c4ccc(Oc5ccccc5)cc4)nc3c1-2. The van der Waals surface area contributed by atoms with Crippen molar-refractivity contribution in [3.63, 3.8) is 0 Å². The molecule has 0 atom stereocenters. The van der Waals surface area contributed by atoms with Crippen LogP contribution in [0.1, 0.15) is 33.8 Å². The van der Waals surface area contributed by atoms with Crippen LogP contribution in [-0.2, 0) is 52.9 Å². The van der Waals surface area contributed by atoms with Crippen molar-refractivity contribution in [2.45, 2.75) is 38.5 Å². The van der Waals surface area contributed by atoms with Crippen LogP contribution in [0.15, 0.2) is 252 Å². The molecule has 0 radical (unpaired) electrons. The first kappa shape index (κ1) is 79.2. The average molecular weight is 1620 g/mol. The summed E-state index contributed by atoms with van der Waals surface area (Å²) in [4.78, 5) is 93.9. The van der Waals surface area contributed by atoms with Gasteiger partial charge >= 0.3 is 0 Å². The standard InChI is InChI=1S/C32H29FN6O3.C31H29N7O3.C29H22FN5O3/c1-38(2)18-6-9-26(40)36-29-23-15-17-25-27(22(23)14-16-24(29)33)30-28(32(41)35-25)31(34)39(37-30)19-10-12-21(13-11-19)42-20-7-4-3-5-8-20;1-37(2)18-6-9-25(39)34-23-16-17-33-28-22(23)14-15-24-26(28)29-27(31(40)35-24)30(32)38(36-29)19-10-12-21(13-11-19)41-20-7-4-3-5-8-20;1-2-23(36)33-26-20-13-15-22-24(19(20)12-14-21(26)30)27-25(29(37)32-22)28(31)35(34-27)16-8-10-18(11-9-16)38-17-6-4-3-5-7-17/h3-14,16H,15,17-18,34H2,1-2H3,(H,35,41)(H,36,40);3-13,16-17H,14-15,18,32H2,1-2H3,(H,35,40)(H,33,34,39);2-12,14H,1,13,15,31H2,(H,32,37)(H,33,36)/b2*9-6+;. The molecular formula is C92H80F2N18O9. The van der Waals surface area contributed by atoms with Crippen LogP contribution in [0.25, 0.3) is 83.3 Å². The summed E-state index contributed by atoms with van der Waals surface area (Å²) in [6.45, 7) is 4.68. The van der Waals surface area contributed by atoms with Crippen molar-refractivity contribution < 1.29 is 37.4 Å². The predicted octanol–water partition coefficient (Wildman–Crippen LogP) is 14.5. The molecule has 0 saturated heterocycles. The van der Waals surface area contributed by atoms with E-state index >= 15 is 4.39 Å². The minimum Gasteiger partial charge on any atom is -0.457 e. The summed E-state index contributed by atoms with van der Waals surface area (Å²) < 4.78 is 52.0. The Morgan fingerprint density at radius 1 is 0.438 bits per heavy atom. The van der Waals surface area contributed by atoms with Gasteiger partial charge < -0.3 is 72.1 Å². The number of aryl methyl sites for hydroxylation is 3. The number of pyridine rings is 4. The molecule has 0 saturated carbocycles. The van der Waals surface area contributed by atoms with Crippen LogP contribution in [0, 0.1) is 11.6 Å². The van der Waals surface area contributed by atoms with Gasteiger partial charge in [-0.3, -0.25) is 33.8 Å². The molecule has 0 fully saturated rings. The number of H-pyrrole nitrogens is 3. The lowest BCUT2D eigenvalue weighted by Crippen LogP contribution is -2.19. The highest BCUT2D eigenvalue weighted by atomic mass is 19.1. The third kappa shape index (κ3) is 16.3. The van der Waals surface area contributed by atoms with E-state index in [1.807, 2.05) is 171 Å². The van der Waals surface area contributed by atoms with Gasteiger partial charge in [0.1, 0.15) is 96.3 Å². The molecule has 0 unspecified atom stereocenters. The number of fused-ring (bicyclic) bond motifs is 15. The summed E-state index contributed by atoms with van der Waals surface area (Å²) in [6.07, 6.45) is 12.1. The van der Waals surface area contributed by atoms with Gasteiger partial charge in [0.25, 0.3) is 16.7 Å². The first-order valence-corrected chi connectivity index (χ1v) is 38.7. The highest BCUT2D eigenvalue weighted by molar-refractivity contribution is 6.07. The van der Waals surface area contributed by atoms with Crippen LogP contribution in [0.4, 0.5) is 43.3 Å². The molecule has 606 valence electrons. The van der Waals surface area contributed by atoms with E-state index in [4.69, 9.17) is 46.7 Å². The Labute approximate surface area is 689 Å². The molecule has 29 heteroatoms. The maximum atomic E-state index is 15.0. The summed E-state index contributed by atoms with van der Waals surface area (Å²) in [6, 6.07) is 57.8. The van der Waals surface area contributed by atoms with Gasteiger partial charge in [-0.1, -0.05) is 85.5 Å². The quantitative estimate of drug-likeness (QED) is 0.0340. The summed E-state index contributed by atoms with van der Waals surface area (Å²) >= 11 is 0. The maximum absolute atomic E-state index is 15.0. The van der Waals surface area contributed by atoms with Crippen molar-refractivity contribution in [3.05, 3.63) is 314 Å². The van der Waals surface area contributed by atoms with E-state index in [2.05, 4.69) is 42.5 Å². The number of aromatic nitrogens is 10. The molecule has 0 spiro atoms. The van der Waals surface area contributed by atoms with Gasteiger partial charge in [-0.2, -0.15) is 15.3 Å². The Morgan fingerprint density at radius 3 is 1.15 bits per heavy atom. The van der Waals surface area contributed by atoms with Crippen LogP contribution >= 0.6 is 0 Å². The number of amides is 3. The summed E-state index contributed by atoms with van der Waals surface area (Å²) in [5.41, 5.74) is 30.9. The summed E-state index contributed by atoms with van der Waals surface area (Å²) in [5.74, 6) is 2.43. The fraction of sp³-hybridized carbons (Fsp3) is 0.130. The van der Waals surface area contributed by atoms with Crippen molar-refractivity contribution in [3.8, 4) is 85.1 Å². The van der Waals surface area contributed by atoms with E-state index in [1.54, 1.807) is 71.6 Å². The molecule has 3 aliphatic rings. The van der Waals surface area contributed by atoms with Crippen LogP contribution in [0.2, 0.25) is 0 Å². The molecule has 27 nitrogen and oxygen atoms in total. The van der Waals surface area contributed by atoms with Crippen LogP contribution in [0.5, 0.6) is 34.5 Å². The van der Waals surface area contributed by atoms with E-state index < -0.39 is 23.4 Å². The number of carbonyl (C=O) groups is 3. The lowest BCUT2D eigenvalue weighted by molar-refractivity contribution is -0.112. The number of anilines is 6. The largest absolute Gasteiger partial charge is 0.457 e. The fourth-order valence-electron chi connectivity index (χ4n) is 15.1. The molecule has 12 N–H and O–H groups in total. The number of hydrogen-bond donors (Lipinski definition) is 9. The van der Waals surface area contributed by atoms with E-state index in [0.29, 0.717) is 176 Å². The molecule has 15 aromatic rings. The van der Waals surface area contributed by atoms with Crippen molar-refractivity contribution in [2.24, 2.45) is 0 Å². The number of nitrogens with one attached hydrogen (secondary N) is 6. The van der Waals surface area contributed by atoms with E-state index in [0.717, 1.165) is 28.6 Å². The number of nitrogen functional groups attached to an aromatic ring is 3. The number of hydrogen-bond acceptors (Lipinski definition) is 18. The number of halogens is 2. The zero-order chi connectivity index (χ0) is 84.3. The third-order valence-electron chi connectivity index (χ3n) is 20.7. The van der Waals surface area contributed by atoms with E-state index in [9.17, 15) is 33.2 Å². The van der Waals surface area contributed by atoms with E-state index in [-0.39, 0.29) is 62.2 Å². The Balaban J connectivity index is 0.000000135. The molecule has 3 aliphatic carbocycles. The third-order valence-corrected chi connectivity index (χ3v) is 20.7. The molecule has 0 bridgehead atoms. The van der Waals surface area contributed by atoms with Gasteiger partial charge in [-0.25, -0.2) is 22.8 Å². The van der Waals surface area contributed by atoms with Gasteiger partial charge in [0, 0.05) is 76.5 Å². The normalized spacial score (nSPS) is 12.3. The second-order valence-corrected chi connectivity index (χ2v) is 29.3. The maximum Gasteiger partial charge on any atom is 0.261 e. The molecule has 7 heterocycles. The second kappa shape index (κ2) is 33.9. The highest BCUT2D eigenvalue weighted by Gasteiger charge is 2.33. The molecule has 8 aromatic carbocycles. The summed E-state index contributed by atoms with van der Waals surface area (Å²) in [7, 11) is 7.66. The fourth-order valence-corrected chi connectivity index (χ4v) is 15.1. The second-order valence-electron chi connectivity index (χ2n) is 29.3. The monoisotopic (exact) mass is 1620 g/mol. The van der Waals surface area contributed by atoms with Gasteiger partial charge in [0.2, 0.25) is 17.7 Å². The van der Waals surface area contributed by atoms with Crippen molar-refractivity contribution in [1.82, 2.24) is 59.1 Å². The van der Waals surface area contributed by atoms with Crippen molar-refractivity contribution >= 4 is 84.9 Å². The first-order valence-electron chi connectivity index (χ1n) is 38.7. The Morgan fingerprint density at radius 2 is 0.777 bits per heavy atom. The lowest BCUT2D eigenvalue weighted by Gasteiger charge is -2.23. The Hall–Kier alpha value is -15.6. The number of carbonyl (C=O) groups excluding carboxylic acids is 3. The van der Waals surface area contributed by atoms with E-state index in [1.165, 1.54) is 33.6 Å². The smallest absolute Gasteiger partial charge is 0.261 e. The molecule has 7 aromatic heterocycles. The highest BCUT2D eigenvalue weighted by Crippen LogP contribution is 2.45. The predicted molar refractivity (Wildman–Crippen MR) is 466 cm³/mol. The van der Waals surface area contributed by atoms with Crippen LogP contribution in [-0.4, -0.2) is 118 Å². The number of rotatable bonds is 19. The average Bonchev–Trinajstić information content (AvgIpc) is 1.44. The molecule has 0 aliphatic heterocycles. The van der Waals surface area contributed by atoms with Gasteiger partial charge in [0.05, 0.1) is 34.1 Å². The minimum absolute atomic E-state index is 0.0961. The van der Waals surface area contributed by atoms with Gasteiger partial charge in [-0.15, -0.1) is 0 Å². The Kier molecular flexibility index (Phi) is 22.2. The van der Waals surface area contributed by atoms with Crippen LogP contribution in [0.3, 0.4) is 0 Å². The molecule has 121 heavy (non-hydrogen) atoms. The number of benzene rings is 8. The molecule has 3 amide bonds. The number of para-hydroxylation sites is 3. The van der Waals surface area contributed by atoms with Crippen molar-refractivity contribution in [1.29, 1.82) is 0 Å². The number of ether oxygens (including phenoxy) is 3. The number of likely N-dealkylation sites (N-methyl/N-ethyl adjacent to an activating group) is 2. The number of nitrogens with zero attached hydrogens (tertiary/aromatic N) is 9. The topological polar surface area (TPSA) is 364 Å². The Bertz CT molecular complexity index is 6820. The number of nitrogens with two attached hydrogens (primary N) is 3. The van der Waals surface area contributed by atoms with Gasteiger partial charge in [0.15, 0.2) is 0 Å². The van der Waals surface area contributed by atoms with Gasteiger partial charge in [-0.05, 0) is 222 Å². The van der Waals surface area contributed by atoms with Crippen LogP contribution < -0.4 is 64.0 Å². The van der Waals surface area contributed by atoms with Crippen molar-refractivity contribution in [2.75, 3.05) is 74.4 Å². The molecule has 18 rings (SSSR count). The zero-order valence-corrected chi connectivity index (χ0v) is 66.0. The molecular weight excluding hydrogens is 1540 g/mol. The first-order chi connectivity index (χ1) is 58.6. The summed E-state index contributed by atoms with van der Waals surface area (Å²) in [5, 5.41) is 23.4. The zero-order valence-electron chi connectivity index (χ0n) is 66.0. The number of aromatic amines is 3.